The first-order valence-corrected chi connectivity index (χ1v) is 7.78. The maximum absolute atomic E-state index is 12.4. The van der Waals surface area contributed by atoms with Crippen molar-refractivity contribution in [2.75, 3.05) is 10.9 Å². The van der Waals surface area contributed by atoms with Crippen LogP contribution in [0.2, 0.25) is 0 Å². The highest BCUT2D eigenvalue weighted by atomic mass is 16.6. The summed E-state index contributed by atoms with van der Waals surface area (Å²) in [6.45, 7) is 0. The summed E-state index contributed by atoms with van der Waals surface area (Å²) in [6.07, 6.45) is 0. The molecule has 134 valence electrons. The van der Waals surface area contributed by atoms with Crippen molar-refractivity contribution in [2.24, 2.45) is 10.2 Å². The molecule has 3 rings (SSSR count). The quantitative estimate of drug-likeness (QED) is 0.515. The Morgan fingerprint density at radius 3 is 2.07 bits per heavy atom. The first-order chi connectivity index (χ1) is 13.0. The smallest absolute Gasteiger partial charge is 0.269 e. The molecular formula is C18H13N5O4. The summed E-state index contributed by atoms with van der Waals surface area (Å²) >= 11 is 0. The molecule has 9 heteroatoms. The minimum Gasteiger partial charge on any atom is -0.287 e. The molecule has 3 aromatic rings. The predicted molar refractivity (Wildman–Crippen MR) is 99.3 cm³/mol. The minimum absolute atomic E-state index is 0.0303. The molecule has 3 aromatic carbocycles. The number of benzene rings is 3. The standard InChI is InChI=1S/C18H13N5O4/c24-16-11-10-15(21-19-12-4-2-1-3-5-12)18(25)17(16)22-20-13-6-8-14(9-7-13)23(26)27/h1-11,19-20H. The van der Waals surface area contributed by atoms with E-state index in [1.54, 1.807) is 12.1 Å². The van der Waals surface area contributed by atoms with Crippen molar-refractivity contribution in [3.63, 3.8) is 0 Å². The fourth-order valence-corrected chi connectivity index (χ4v) is 2.15. The number of nitro benzene ring substituents is 1. The van der Waals surface area contributed by atoms with Crippen molar-refractivity contribution in [3.05, 3.63) is 108 Å². The molecule has 0 fully saturated rings. The van der Waals surface area contributed by atoms with Crippen LogP contribution >= 0.6 is 0 Å². The van der Waals surface area contributed by atoms with Crippen molar-refractivity contribution in [2.45, 2.75) is 0 Å². The number of hydrogen-bond donors (Lipinski definition) is 2. The van der Waals surface area contributed by atoms with E-state index in [2.05, 4.69) is 21.1 Å². The summed E-state index contributed by atoms with van der Waals surface area (Å²) in [4.78, 5) is 34.5. The van der Waals surface area contributed by atoms with Crippen molar-refractivity contribution >= 4 is 17.1 Å². The van der Waals surface area contributed by atoms with Gasteiger partial charge in [0.1, 0.15) is 5.36 Å². The molecule has 0 aromatic heterocycles. The van der Waals surface area contributed by atoms with Crippen LogP contribution in [0.5, 0.6) is 0 Å². The normalized spacial score (nSPS) is 12.0. The Bertz CT molecular complexity index is 1180. The number of rotatable bonds is 5. The van der Waals surface area contributed by atoms with Crippen molar-refractivity contribution in [3.8, 4) is 0 Å². The third-order valence-corrected chi connectivity index (χ3v) is 3.53. The lowest BCUT2D eigenvalue weighted by Gasteiger charge is -1.99. The highest BCUT2D eigenvalue weighted by Crippen LogP contribution is 2.14. The Balaban J connectivity index is 1.91. The SMILES string of the molecule is O=c1ccc(=NNc2ccccc2)c(=O)c1=NNc1ccc([N+](=O)[O-])cc1. The van der Waals surface area contributed by atoms with Gasteiger partial charge in [0, 0.05) is 12.1 Å². The van der Waals surface area contributed by atoms with E-state index in [1.807, 2.05) is 18.2 Å². The van der Waals surface area contributed by atoms with Gasteiger partial charge in [0.05, 0.1) is 16.3 Å². The van der Waals surface area contributed by atoms with E-state index in [1.165, 1.54) is 36.4 Å². The Labute approximate surface area is 151 Å². The number of anilines is 2. The number of hydrogen-bond acceptors (Lipinski definition) is 8. The molecule has 2 N–H and O–H groups in total. The Morgan fingerprint density at radius 2 is 1.41 bits per heavy atom. The van der Waals surface area contributed by atoms with Crippen molar-refractivity contribution in [1.82, 2.24) is 0 Å². The summed E-state index contributed by atoms with van der Waals surface area (Å²) in [5, 5.41) is 18.2. The van der Waals surface area contributed by atoms with Crippen LogP contribution in [0, 0.1) is 10.1 Å². The van der Waals surface area contributed by atoms with E-state index in [0.29, 0.717) is 11.4 Å². The monoisotopic (exact) mass is 363 g/mol. The average molecular weight is 363 g/mol. The van der Waals surface area contributed by atoms with Gasteiger partial charge in [-0.2, -0.15) is 10.2 Å². The minimum atomic E-state index is -0.639. The molecule has 0 aliphatic rings. The molecule has 0 saturated carbocycles. The molecule has 9 nitrogen and oxygen atoms in total. The zero-order chi connectivity index (χ0) is 19.2. The number of nitrogens with zero attached hydrogens (tertiary/aromatic N) is 3. The van der Waals surface area contributed by atoms with Gasteiger partial charge in [0.25, 0.3) is 5.69 Å². The lowest BCUT2D eigenvalue weighted by atomic mass is 10.3. The molecule has 0 unspecified atom stereocenters. The summed E-state index contributed by atoms with van der Waals surface area (Å²) in [6, 6.07) is 16.9. The van der Waals surface area contributed by atoms with Crippen LogP contribution in [0.25, 0.3) is 0 Å². The second-order valence-corrected chi connectivity index (χ2v) is 5.38. The van der Waals surface area contributed by atoms with Gasteiger partial charge in [0.2, 0.25) is 10.9 Å². The van der Waals surface area contributed by atoms with Gasteiger partial charge < -0.3 is 0 Å². The van der Waals surface area contributed by atoms with Crippen LogP contribution in [0.4, 0.5) is 17.1 Å². The third kappa shape index (κ3) is 4.28. The van der Waals surface area contributed by atoms with E-state index in [-0.39, 0.29) is 16.4 Å². The van der Waals surface area contributed by atoms with Gasteiger partial charge in [-0.25, -0.2) is 0 Å². The van der Waals surface area contributed by atoms with E-state index in [4.69, 9.17) is 0 Å². The highest BCUT2D eigenvalue weighted by molar-refractivity contribution is 5.47. The molecular weight excluding hydrogens is 350 g/mol. The summed E-state index contributed by atoms with van der Waals surface area (Å²) in [5.41, 5.74) is 5.08. The van der Waals surface area contributed by atoms with Crippen molar-refractivity contribution < 1.29 is 4.92 Å². The topological polar surface area (TPSA) is 126 Å². The second kappa shape index (κ2) is 7.83. The molecule has 0 radical (unpaired) electrons. The van der Waals surface area contributed by atoms with Crippen LogP contribution in [0.15, 0.2) is 86.5 Å². The highest BCUT2D eigenvalue weighted by Gasteiger charge is 2.04. The van der Waals surface area contributed by atoms with Crippen LogP contribution in [0.1, 0.15) is 0 Å². The zero-order valence-electron chi connectivity index (χ0n) is 13.8. The number of nitro groups is 1. The van der Waals surface area contributed by atoms with Gasteiger partial charge in [-0.3, -0.25) is 30.6 Å². The number of nitrogens with one attached hydrogen (secondary N) is 2. The molecule has 27 heavy (non-hydrogen) atoms. The fraction of sp³-hybridized carbons (Fsp3) is 0. The van der Waals surface area contributed by atoms with Crippen LogP contribution in [0.3, 0.4) is 0 Å². The summed E-state index contributed by atoms with van der Waals surface area (Å²) in [5.74, 6) is 0. The molecule has 0 atom stereocenters. The molecule has 0 aliphatic heterocycles. The fourth-order valence-electron chi connectivity index (χ4n) is 2.15. The first-order valence-electron chi connectivity index (χ1n) is 7.78. The van der Waals surface area contributed by atoms with E-state index >= 15 is 0 Å². The van der Waals surface area contributed by atoms with Crippen molar-refractivity contribution in [1.29, 1.82) is 0 Å². The van der Waals surface area contributed by atoms with Gasteiger partial charge in [0.15, 0.2) is 5.36 Å². The van der Waals surface area contributed by atoms with Gasteiger partial charge in [-0.15, -0.1) is 0 Å². The molecule has 0 bridgehead atoms. The first kappa shape index (κ1) is 17.7. The average Bonchev–Trinajstić information content (AvgIpc) is 2.68. The Morgan fingerprint density at radius 1 is 0.778 bits per heavy atom. The Kier molecular flexibility index (Phi) is 5.12. The zero-order valence-corrected chi connectivity index (χ0v) is 13.8. The van der Waals surface area contributed by atoms with Crippen LogP contribution in [-0.2, 0) is 0 Å². The van der Waals surface area contributed by atoms with Gasteiger partial charge in [-0.05, 0) is 36.4 Å². The van der Waals surface area contributed by atoms with Gasteiger partial charge in [-0.1, -0.05) is 18.2 Å². The Hall–Kier alpha value is -4.14. The van der Waals surface area contributed by atoms with E-state index < -0.39 is 15.8 Å². The van der Waals surface area contributed by atoms with E-state index in [9.17, 15) is 19.7 Å². The summed E-state index contributed by atoms with van der Waals surface area (Å²) < 4.78 is 0. The lowest BCUT2D eigenvalue weighted by molar-refractivity contribution is -0.384. The largest absolute Gasteiger partial charge is 0.287 e. The predicted octanol–water partition coefficient (Wildman–Crippen LogP) is 1.05. The second-order valence-electron chi connectivity index (χ2n) is 5.38. The third-order valence-electron chi connectivity index (χ3n) is 3.53. The molecule has 0 spiro atoms. The number of non-ortho nitro benzene ring substituents is 1. The van der Waals surface area contributed by atoms with E-state index in [0.717, 1.165) is 0 Å². The number of para-hydroxylation sites is 1. The lowest BCUT2D eigenvalue weighted by Crippen LogP contribution is -2.47. The molecule has 0 saturated heterocycles. The molecule has 0 amide bonds. The van der Waals surface area contributed by atoms with Gasteiger partial charge >= 0.3 is 0 Å². The maximum Gasteiger partial charge on any atom is 0.269 e. The maximum atomic E-state index is 12.4. The van der Waals surface area contributed by atoms with Crippen LogP contribution < -0.4 is 32.4 Å². The summed E-state index contributed by atoms with van der Waals surface area (Å²) in [7, 11) is 0. The molecule has 0 aliphatic carbocycles. The van der Waals surface area contributed by atoms with Crippen LogP contribution in [-0.4, -0.2) is 4.92 Å². The molecule has 0 heterocycles.